The second-order valence-corrected chi connectivity index (χ2v) is 5.70. The molecule has 0 radical (unpaired) electrons. The molecule has 0 fully saturated rings. The number of hydrogen-bond acceptors (Lipinski definition) is 1. The standard InChI is InChI=1S/C18H16NP/c19-13-16-8-4-5-9-17(16)18-12-15(10-11-20-18)14-6-2-1-3-7-14/h1-12H,13,19H2. The molecule has 98 valence electrons. The van der Waals surface area contributed by atoms with E-state index in [1.807, 2.05) is 12.1 Å². The molecular formula is C18H16NP. The first-order valence-electron chi connectivity index (χ1n) is 6.68. The molecule has 0 aliphatic heterocycles. The highest BCUT2D eigenvalue weighted by atomic mass is 31.0. The normalized spacial score (nSPS) is 10.8. The van der Waals surface area contributed by atoms with Gasteiger partial charge in [-0.2, -0.15) is 0 Å². The Labute approximate surface area is 121 Å². The highest BCUT2D eigenvalue weighted by Gasteiger charge is 2.05. The third kappa shape index (κ3) is 2.65. The molecule has 2 aromatic carbocycles. The first-order chi connectivity index (χ1) is 9.88. The summed E-state index contributed by atoms with van der Waals surface area (Å²) >= 11 is 0. The van der Waals surface area contributed by atoms with Crippen LogP contribution in [0.5, 0.6) is 0 Å². The second-order valence-electron chi connectivity index (χ2n) is 4.66. The molecule has 3 rings (SSSR count). The summed E-state index contributed by atoms with van der Waals surface area (Å²) in [6.07, 6.45) is 0. The van der Waals surface area contributed by atoms with Crippen molar-refractivity contribution in [3.63, 3.8) is 0 Å². The molecule has 0 amide bonds. The van der Waals surface area contributed by atoms with Crippen molar-refractivity contribution in [3.05, 3.63) is 78.1 Å². The Morgan fingerprint density at radius 3 is 2.35 bits per heavy atom. The third-order valence-electron chi connectivity index (χ3n) is 3.38. The number of hydrogen-bond donors (Lipinski definition) is 1. The molecule has 2 heteroatoms. The lowest BCUT2D eigenvalue weighted by Crippen LogP contribution is -1.97. The predicted molar refractivity (Wildman–Crippen MR) is 87.7 cm³/mol. The average Bonchev–Trinajstić information content (AvgIpc) is 2.56. The lowest BCUT2D eigenvalue weighted by atomic mass is 10.0. The quantitative estimate of drug-likeness (QED) is 0.711. The smallest absolute Gasteiger partial charge is 0.0184 e. The van der Waals surface area contributed by atoms with Crippen molar-refractivity contribution in [1.82, 2.24) is 0 Å². The number of nitrogens with two attached hydrogens (primary N) is 1. The van der Waals surface area contributed by atoms with Crippen LogP contribution in [-0.4, -0.2) is 0 Å². The summed E-state index contributed by atoms with van der Waals surface area (Å²) in [6, 6.07) is 23.3. The van der Waals surface area contributed by atoms with Crippen LogP contribution in [0.4, 0.5) is 0 Å². The van der Waals surface area contributed by atoms with E-state index in [2.05, 4.69) is 60.4 Å². The third-order valence-corrected chi connectivity index (χ3v) is 4.33. The summed E-state index contributed by atoms with van der Waals surface area (Å²) in [7, 11) is 1.23. The fourth-order valence-corrected chi connectivity index (χ4v) is 3.30. The van der Waals surface area contributed by atoms with Gasteiger partial charge in [-0.3, -0.25) is 0 Å². The van der Waals surface area contributed by atoms with E-state index in [-0.39, 0.29) is 0 Å². The van der Waals surface area contributed by atoms with Crippen LogP contribution < -0.4 is 5.73 Å². The molecule has 20 heavy (non-hydrogen) atoms. The van der Waals surface area contributed by atoms with Crippen LogP contribution in [0.15, 0.2) is 72.5 Å². The van der Waals surface area contributed by atoms with Crippen molar-refractivity contribution in [2.75, 3.05) is 0 Å². The second kappa shape index (κ2) is 6.00. The summed E-state index contributed by atoms with van der Waals surface area (Å²) < 4.78 is 0. The Kier molecular flexibility index (Phi) is 3.92. The highest BCUT2D eigenvalue weighted by Crippen LogP contribution is 2.34. The molecule has 0 atom stereocenters. The van der Waals surface area contributed by atoms with Crippen LogP contribution in [0, 0.1) is 0 Å². The molecule has 0 aliphatic rings. The van der Waals surface area contributed by atoms with Gasteiger partial charge in [0.05, 0.1) is 0 Å². The van der Waals surface area contributed by atoms with Gasteiger partial charge < -0.3 is 5.73 Å². The Morgan fingerprint density at radius 2 is 1.55 bits per heavy atom. The molecule has 1 nitrogen and oxygen atoms in total. The molecule has 0 aliphatic carbocycles. The fraction of sp³-hybridized carbons (Fsp3) is 0.0556. The summed E-state index contributed by atoms with van der Waals surface area (Å²) in [4.78, 5) is 0. The Balaban J connectivity index is 2.08. The van der Waals surface area contributed by atoms with Crippen LogP contribution in [0.2, 0.25) is 0 Å². The van der Waals surface area contributed by atoms with Gasteiger partial charge in [-0.15, -0.1) is 0 Å². The minimum atomic E-state index is 0.577. The van der Waals surface area contributed by atoms with Gasteiger partial charge in [0.15, 0.2) is 0 Å². The van der Waals surface area contributed by atoms with Crippen LogP contribution >= 0.6 is 8.19 Å². The van der Waals surface area contributed by atoms with Crippen LogP contribution in [0.3, 0.4) is 0 Å². The van der Waals surface area contributed by atoms with Crippen molar-refractivity contribution in [1.29, 1.82) is 0 Å². The Hall–Kier alpha value is -1.95. The zero-order chi connectivity index (χ0) is 13.8. The van der Waals surface area contributed by atoms with E-state index in [4.69, 9.17) is 5.73 Å². The van der Waals surface area contributed by atoms with Gasteiger partial charge in [-0.05, 0) is 40.2 Å². The predicted octanol–water partition coefficient (Wildman–Crippen LogP) is 5.06. The van der Waals surface area contributed by atoms with E-state index in [1.54, 1.807) is 0 Å². The average molecular weight is 277 g/mol. The molecule has 0 spiro atoms. The largest absolute Gasteiger partial charge is 0.326 e. The van der Waals surface area contributed by atoms with E-state index in [0.29, 0.717) is 6.54 Å². The van der Waals surface area contributed by atoms with Gasteiger partial charge in [0.2, 0.25) is 0 Å². The van der Waals surface area contributed by atoms with Gasteiger partial charge in [0, 0.05) is 11.8 Å². The van der Waals surface area contributed by atoms with Gasteiger partial charge in [-0.25, -0.2) is 0 Å². The summed E-state index contributed by atoms with van der Waals surface area (Å²) in [5, 5.41) is 1.31. The minimum absolute atomic E-state index is 0.577. The van der Waals surface area contributed by atoms with Gasteiger partial charge in [0.1, 0.15) is 0 Å². The first kappa shape index (κ1) is 13.1. The Bertz CT molecular complexity index is 707. The summed E-state index contributed by atoms with van der Waals surface area (Å²) in [5.74, 6) is 2.20. The number of rotatable bonds is 3. The molecular weight excluding hydrogens is 261 g/mol. The maximum atomic E-state index is 5.85. The maximum Gasteiger partial charge on any atom is 0.0184 e. The van der Waals surface area contributed by atoms with Gasteiger partial charge in [0.25, 0.3) is 0 Å². The summed E-state index contributed by atoms with van der Waals surface area (Å²) in [6.45, 7) is 0.577. The van der Waals surface area contributed by atoms with Crippen molar-refractivity contribution in [3.8, 4) is 22.0 Å². The van der Waals surface area contributed by atoms with Crippen molar-refractivity contribution in [2.45, 2.75) is 6.54 Å². The van der Waals surface area contributed by atoms with E-state index in [9.17, 15) is 0 Å². The van der Waals surface area contributed by atoms with Crippen LogP contribution in [0.25, 0.3) is 22.0 Å². The van der Waals surface area contributed by atoms with E-state index >= 15 is 0 Å². The van der Waals surface area contributed by atoms with Crippen LogP contribution in [-0.2, 0) is 6.54 Å². The summed E-state index contributed by atoms with van der Waals surface area (Å²) in [5.41, 5.74) is 10.8. The number of benzene rings is 2. The van der Waals surface area contributed by atoms with Crippen LogP contribution in [0.1, 0.15) is 5.56 Å². The molecule has 1 heterocycles. The lowest BCUT2D eigenvalue weighted by molar-refractivity contribution is 1.07. The SMILES string of the molecule is NCc1ccccc1-c1cc(-c2ccccc2)ccp1. The van der Waals surface area contributed by atoms with Crippen molar-refractivity contribution >= 4 is 8.19 Å². The molecule has 0 bridgehead atoms. The Morgan fingerprint density at radius 1 is 0.800 bits per heavy atom. The van der Waals surface area contributed by atoms with Crippen molar-refractivity contribution in [2.24, 2.45) is 5.73 Å². The zero-order valence-electron chi connectivity index (χ0n) is 11.2. The minimum Gasteiger partial charge on any atom is -0.326 e. The fourth-order valence-electron chi connectivity index (χ4n) is 2.34. The van der Waals surface area contributed by atoms with E-state index in [1.165, 1.54) is 35.7 Å². The van der Waals surface area contributed by atoms with E-state index in [0.717, 1.165) is 0 Å². The molecule has 0 saturated carbocycles. The molecule has 0 saturated heterocycles. The first-order valence-corrected chi connectivity index (χ1v) is 7.64. The lowest BCUT2D eigenvalue weighted by Gasteiger charge is -2.09. The topological polar surface area (TPSA) is 26.0 Å². The molecule has 0 unspecified atom stereocenters. The van der Waals surface area contributed by atoms with E-state index < -0.39 is 0 Å². The van der Waals surface area contributed by atoms with Gasteiger partial charge in [-0.1, -0.05) is 62.8 Å². The monoisotopic (exact) mass is 277 g/mol. The molecule has 2 N–H and O–H groups in total. The maximum absolute atomic E-state index is 5.85. The highest BCUT2D eigenvalue weighted by molar-refractivity contribution is 7.33. The van der Waals surface area contributed by atoms with Crippen molar-refractivity contribution < 1.29 is 0 Å². The van der Waals surface area contributed by atoms with Gasteiger partial charge >= 0.3 is 0 Å². The molecule has 1 aromatic heterocycles. The zero-order valence-corrected chi connectivity index (χ0v) is 12.1. The molecule has 3 aromatic rings.